The van der Waals surface area contributed by atoms with Gasteiger partial charge in [-0.25, -0.2) is 8.42 Å². The van der Waals surface area contributed by atoms with Gasteiger partial charge in [0.15, 0.2) is 0 Å². The van der Waals surface area contributed by atoms with Crippen LogP contribution in [0.15, 0.2) is 53.4 Å². The van der Waals surface area contributed by atoms with E-state index in [4.69, 9.17) is 0 Å². The van der Waals surface area contributed by atoms with Gasteiger partial charge in [0.05, 0.1) is 12.0 Å². The molecule has 0 bridgehead atoms. The molecule has 2 unspecified atom stereocenters. The van der Waals surface area contributed by atoms with E-state index < -0.39 is 22.0 Å². The molecule has 1 saturated heterocycles. The summed E-state index contributed by atoms with van der Waals surface area (Å²) in [5.74, 6) is -0.630. The van der Waals surface area contributed by atoms with Crippen LogP contribution in [0.4, 0.5) is 0 Å². The maximum Gasteiger partial charge on any atom is 0.323 e. The number of benzene rings is 2. The van der Waals surface area contributed by atoms with E-state index in [2.05, 4.69) is 45.5 Å². The van der Waals surface area contributed by atoms with E-state index in [0.29, 0.717) is 6.04 Å². The lowest BCUT2D eigenvalue weighted by atomic mass is 10.0. The summed E-state index contributed by atoms with van der Waals surface area (Å²) in [6.07, 6.45) is 3.62. The predicted octanol–water partition coefficient (Wildman–Crippen LogP) is 3.22. The summed E-state index contributed by atoms with van der Waals surface area (Å²) in [4.78, 5) is 14.1. The first-order valence-electron chi connectivity index (χ1n) is 10.3. The minimum atomic E-state index is -3.80. The number of rotatable bonds is 8. The Morgan fingerprint density at radius 3 is 2.27 bits per heavy atom. The van der Waals surface area contributed by atoms with Gasteiger partial charge in [-0.05, 0) is 68.5 Å². The van der Waals surface area contributed by atoms with Crippen molar-refractivity contribution in [2.75, 3.05) is 20.2 Å². The first-order valence-corrected chi connectivity index (χ1v) is 11.8. The number of nitrogens with one attached hydrogen (secondary N) is 1. The van der Waals surface area contributed by atoms with Gasteiger partial charge in [0.2, 0.25) is 10.0 Å². The normalized spacial score (nSPS) is 18.3. The second kappa shape index (κ2) is 9.73. The van der Waals surface area contributed by atoms with E-state index in [-0.39, 0.29) is 4.90 Å². The summed E-state index contributed by atoms with van der Waals surface area (Å²) in [5.41, 5.74) is 3.28. The van der Waals surface area contributed by atoms with Gasteiger partial charge >= 0.3 is 5.97 Å². The fourth-order valence-electron chi connectivity index (χ4n) is 3.81. The van der Waals surface area contributed by atoms with E-state index in [1.54, 1.807) is 24.3 Å². The molecule has 0 amide bonds. The van der Waals surface area contributed by atoms with Gasteiger partial charge in [0, 0.05) is 12.6 Å². The minimum absolute atomic E-state index is 0.110. The average molecular weight is 431 g/mol. The molecule has 6 nitrogen and oxygen atoms in total. The lowest BCUT2D eigenvalue weighted by Crippen LogP contribution is -2.39. The Hall–Kier alpha value is -2.22. The van der Waals surface area contributed by atoms with Gasteiger partial charge in [-0.15, -0.1) is 0 Å². The Bertz CT molecular complexity index is 956. The molecule has 1 fully saturated rings. The number of carbonyl (C=O) groups excluding carboxylic acids is 1. The molecule has 0 radical (unpaired) electrons. The number of hydrogen-bond acceptors (Lipinski definition) is 5. The topological polar surface area (TPSA) is 75.7 Å². The molecule has 0 saturated carbocycles. The van der Waals surface area contributed by atoms with E-state index in [9.17, 15) is 13.2 Å². The Morgan fingerprint density at radius 1 is 1.13 bits per heavy atom. The van der Waals surface area contributed by atoms with Crippen LogP contribution < -0.4 is 4.72 Å². The number of likely N-dealkylation sites (tertiary alicyclic amines) is 1. The zero-order chi connectivity index (χ0) is 21.7. The maximum absolute atomic E-state index is 12.4. The molecule has 30 heavy (non-hydrogen) atoms. The van der Waals surface area contributed by atoms with Gasteiger partial charge < -0.3 is 9.64 Å². The monoisotopic (exact) mass is 430 g/mol. The van der Waals surface area contributed by atoms with Gasteiger partial charge in [-0.3, -0.25) is 4.79 Å². The van der Waals surface area contributed by atoms with Crippen molar-refractivity contribution in [3.8, 4) is 11.1 Å². The van der Waals surface area contributed by atoms with Crippen LogP contribution in [0.1, 0.15) is 32.3 Å². The summed E-state index contributed by atoms with van der Waals surface area (Å²) in [6, 6.07) is 14.8. The van der Waals surface area contributed by atoms with Crippen LogP contribution in [-0.2, 0) is 26.0 Å². The molecule has 1 N–H and O–H groups in total. The highest BCUT2D eigenvalue weighted by Gasteiger charge is 2.22. The highest BCUT2D eigenvalue weighted by molar-refractivity contribution is 7.89. The van der Waals surface area contributed by atoms with Crippen LogP contribution in [0.5, 0.6) is 0 Å². The maximum atomic E-state index is 12.4. The van der Waals surface area contributed by atoms with Crippen LogP contribution in [0.2, 0.25) is 0 Å². The fourth-order valence-corrected chi connectivity index (χ4v) is 5.01. The molecule has 2 aromatic rings. The first kappa shape index (κ1) is 22.5. The largest absolute Gasteiger partial charge is 0.468 e. The van der Waals surface area contributed by atoms with Crippen LogP contribution >= 0.6 is 0 Å². The third-order valence-electron chi connectivity index (χ3n) is 5.72. The Kier molecular flexibility index (Phi) is 7.28. The highest BCUT2D eigenvalue weighted by Crippen LogP contribution is 2.23. The van der Waals surface area contributed by atoms with Crippen LogP contribution in [0.3, 0.4) is 0 Å². The van der Waals surface area contributed by atoms with Crippen molar-refractivity contribution in [1.82, 2.24) is 9.62 Å². The van der Waals surface area contributed by atoms with E-state index in [1.165, 1.54) is 39.0 Å². The number of esters is 1. The van der Waals surface area contributed by atoms with E-state index in [1.807, 2.05) is 0 Å². The second-order valence-electron chi connectivity index (χ2n) is 7.86. The van der Waals surface area contributed by atoms with Crippen LogP contribution in [0.25, 0.3) is 11.1 Å². The lowest BCUT2D eigenvalue weighted by Gasteiger charge is -2.20. The molecule has 0 aromatic heterocycles. The molecule has 2 atom stereocenters. The highest BCUT2D eigenvalue weighted by atomic mass is 32.2. The Balaban J connectivity index is 1.63. The second-order valence-corrected chi connectivity index (χ2v) is 9.58. The van der Waals surface area contributed by atoms with Crippen molar-refractivity contribution in [3.63, 3.8) is 0 Å². The summed E-state index contributed by atoms with van der Waals surface area (Å²) in [7, 11) is -2.57. The molecular formula is C23H30N2O4S. The van der Waals surface area contributed by atoms with E-state index >= 15 is 0 Å². The van der Waals surface area contributed by atoms with Crippen molar-refractivity contribution in [3.05, 3.63) is 54.1 Å². The van der Waals surface area contributed by atoms with E-state index in [0.717, 1.165) is 24.1 Å². The van der Waals surface area contributed by atoms with Crippen molar-refractivity contribution in [1.29, 1.82) is 0 Å². The molecule has 162 valence electrons. The first-order chi connectivity index (χ1) is 14.3. The summed E-state index contributed by atoms with van der Waals surface area (Å²) < 4.78 is 31.8. The number of hydrogen-bond donors (Lipinski definition) is 1. The number of carbonyl (C=O) groups is 1. The molecule has 7 heteroatoms. The zero-order valence-corrected chi connectivity index (χ0v) is 18.6. The molecule has 1 aliphatic rings. The fraction of sp³-hybridized carbons (Fsp3) is 0.435. The minimum Gasteiger partial charge on any atom is -0.468 e. The molecule has 0 spiro atoms. The summed E-state index contributed by atoms with van der Waals surface area (Å²) in [6.45, 7) is 6.03. The smallest absolute Gasteiger partial charge is 0.323 e. The summed E-state index contributed by atoms with van der Waals surface area (Å²) >= 11 is 0. The van der Waals surface area contributed by atoms with Crippen LogP contribution in [-0.4, -0.2) is 51.6 Å². The third-order valence-corrected chi connectivity index (χ3v) is 7.27. The van der Waals surface area contributed by atoms with Gasteiger partial charge in [-0.2, -0.15) is 4.72 Å². The van der Waals surface area contributed by atoms with Gasteiger partial charge in [0.25, 0.3) is 0 Å². The third kappa shape index (κ3) is 5.47. The Labute approximate surface area is 179 Å². The van der Waals surface area contributed by atoms with Crippen molar-refractivity contribution >= 4 is 16.0 Å². The molecule has 2 aromatic carbocycles. The number of methoxy groups -OCH3 is 1. The standard InChI is InChI=1S/C23H30N2O4S/c1-17-5-4-15-25(17)16-14-19-6-8-20(9-7-19)21-10-12-22(13-11-21)30(27,28)24-18(2)23(26)29-3/h6-13,17-18,24H,4-5,14-16H2,1-3H3. The molecule has 1 heterocycles. The van der Waals surface area contributed by atoms with Gasteiger partial charge in [0.1, 0.15) is 6.04 Å². The van der Waals surface area contributed by atoms with Crippen LogP contribution in [0, 0.1) is 0 Å². The number of nitrogens with zero attached hydrogens (tertiary/aromatic N) is 1. The lowest BCUT2D eigenvalue weighted by molar-refractivity contribution is -0.142. The zero-order valence-electron chi connectivity index (χ0n) is 17.8. The quantitative estimate of drug-likeness (QED) is 0.651. The van der Waals surface area contributed by atoms with Crippen molar-refractivity contribution in [2.45, 2.75) is 50.1 Å². The molecule has 3 rings (SSSR count). The molecular weight excluding hydrogens is 400 g/mol. The molecule has 0 aliphatic carbocycles. The van der Waals surface area contributed by atoms with Crippen molar-refractivity contribution < 1.29 is 17.9 Å². The van der Waals surface area contributed by atoms with Gasteiger partial charge in [-0.1, -0.05) is 36.4 Å². The van der Waals surface area contributed by atoms with Crippen molar-refractivity contribution in [2.24, 2.45) is 0 Å². The number of sulfonamides is 1. The SMILES string of the molecule is COC(=O)C(C)NS(=O)(=O)c1ccc(-c2ccc(CCN3CCCC3C)cc2)cc1. The Morgan fingerprint density at radius 2 is 1.73 bits per heavy atom. The molecule has 1 aliphatic heterocycles. The average Bonchev–Trinajstić information content (AvgIpc) is 3.16. The predicted molar refractivity (Wildman–Crippen MR) is 118 cm³/mol. The number of ether oxygens (including phenoxy) is 1. The summed E-state index contributed by atoms with van der Waals surface area (Å²) in [5, 5.41) is 0.